The highest BCUT2D eigenvalue weighted by atomic mass is 16.7. The van der Waals surface area contributed by atoms with Gasteiger partial charge in [0.25, 0.3) is 5.79 Å². The molecule has 2 aliphatic heterocycles. The molecular formula is C27H32O4. The van der Waals surface area contributed by atoms with Gasteiger partial charge in [-0.1, -0.05) is 65.8 Å². The first-order valence-corrected chi connectivity index (χ1v) is 11.0. The normalized spacial score (nSPS) is 30.8. The molecule has 0 N–H and O–H groups in total. The van der Waals surface area contributed by atoms with Crippen molar-refractivity contribution >= 4 is 5.78 Å². The van der Waals surface area contributed by atoms with Crippen LogP contribution in [0.15, 0.2) is 78.9 Å². The lowest BCUT2D eigenvalue weighted by atomic mass is 9.52. The van der Waals surface area contributed by atoms with Gasteiger partial charge in [-0.15, -0.1) is 13.2 Å². The van der Waals surface area contributed by atoms with Crippen molar-refractivity contribution in [2.45, 2.75) is 45.0 Å². The van der Waals surface area contributed by atoms with E-state index >= 15 is 0 Å². The summed E-state index contributed by atoms with van der Waals surface area (Å²) >= 11 is 0. The summed E-state index contributed by atoms with van der Waals surface area (Å²) in [4.78, 5) is 14.7. The molecule has 2 fully saturated rings. The van der Waals surface area contributed by atoms with Crippen LogP contribution >= 0.6 is 0 Å². The van der Waals surface area contributed by atoms with Crippen molar-refractivity contribution in [3.8, 4) is 0 Å². The summed E-state index contributed by atoms with van der Waals surface area (Å²) in [6, 6.07) is 9.57. The highest BCUT2D eigenvalue weighted by Crippen LogP contribution is 2.59. The quantitative estimate of drug-likeness (QED) is 0.403. The third-order valence-corrected chi connectivity index (χ3v) is 6.54. The average molecular weight is 421 g/mol. The molecule has 0 radical (unpaired) electrons. The Hall–Kier alpha value is -2.27. The van der Waals surface area contributed by atoms with Gasteiger partial charge in [-0.2, -0.15) is 0 Å². The molecule has 3 unspecified atom stereocenters. The molecule has 2 heterocycles. The minimum Gasteiger partial charge on any atom is -0.373 e. The number of carbonyl (C=O) groups is 1. The van der Waals surface area contributed by atoms with Crippen LogP contribution in [-0.2, 0) is 24.8 Å². The van der Waals surface area contributed by atoms with Crippen LogP contribution in [0.25, 0.3) is 0 Å². The maximum atomic E-state index is 14.7. The molecule has 0 bridgehead atoms. The Kier molecular flexibility index (Phi) is 5.91. The van der Waals surface area contributed by atoms with Crippen LogP contribution in [0, 0.1) is 10.8 Å². The first-order chi connectivity index (χ1) is 14.8. The van der Waals surface area contributed by atoms with E-state index in [2.05, 4.69) is 19.2 Å². The van der Waals surface area contributed by atoms with Crippen LogP contribution in [0.4, 0.5) is 0 Å². The van der Waals surface area contributed by atoms with E-state index in [0.717, 1.165) is 29.7 Å². The number of ether oxygens (including phenoxy) is 3. The fourth-order valence-electron chi connectivity index (χ4n) is 5.33. The second-order valence-corrected chi connectivity index (χ2v) is 9.28. The molecule has 164 valence electrons. The molecule has 0 spiro atoms. The van der Waals surface area contributed by atoms with Crippen LogP contribution < -0.4 is 0 Å². The highest BCUT2D eigenvalue weighted by Gasteiger charge is 2.62. The predicted molar refractivity (Wildman–Crippen MR) is 121 cm³/mol. The van der Waals surface area contributed by atoms with Gasteiger partial charge in [0.05, 0.1) is 31.3 Å². The minimum absolute atomic E-state index is 0.0748. The zero-order valence-corrected chi connectivity index (χ0v) is 18.6. The van der Waals surface area contributed by atoms with Crippen molar-refractivity contribution in [2.24, 2.45) is 10.8 Å². The topological polar surface area (TPSA) is 48.1 Å². The number of allylic oxidation sites excluding steroid dienone is 6. The second kappa shape index (κ2) is 8.34. The van der Waals surface area contributed by atoms with E-state index in [9.17, 15) is 4.79 Å². The number of benzene rings is 1. The number of carbonyl (C=O) groups excluding carboxylic acids is 1. The summed E-state index contributed by atoms with van der Waals surface area (Å²) in [5, 5.41) is 0. The Morgan fingerprint density at radius 3 is 2.19 bits per heavy atom. The zero-order valence-electron chi connectivity index (χ0n) is 18.6. The summed E-state index contributed by atoms with van der Waals surface area (Å²) in [7, 11) is 0. The van der Waals surface area contributed by atoms with E-state index in [4.69, 9.17) is 14.2 Å². The van der Waals surface area contributed by atoms with E-state index in [1.54, 1.807) is 0 Å². The van der Waals surface area contributed by atoms with Gasteiger partial charge in [0.15, 0.2) is 0 Å². The number of epoxide rings is 1. The maximum absolute atomic E-state index is 14.7. The van der Waals surface area contributed by atoms with Gasteiger partial charge >= 0.3 is 0 Å². The van der Waals surface area contributed by atoms with Crippen LogP contribution in [0.2, 0.25) is 0 Å². The molecule has 4 nitrogen and oxygen atoms in total. The molecule has 3 aliphatic rings. The van der Waals surface area contributed by atoms with Gasteiger partial charge in [0.2, 0.25) is 5.78 Å². The molecule has 0 amide bonds. The standard InChI is InChI=1S/C27H32O4/c1-20(2)16-25(18-23-19-29-23)12-8-9-13-26(25,17-21(3)4)24(28)27(30-14-15-31-27)22-10-6-5-7-11-22/h5-13,23H,1,3,14-19H2,2,4H3. The lowest BCUT2D eigenvalue weighted by Gasteiger charge is -2.51. The first kappa shape index (κ1) is 21.9. The molecule has 3 atom stereocenters. The van der Waals surface area contributed by atoms with Gasteiger partial charge in [0.1, 0.15) is 0 Å². The molecule has 4 rings (SSSR count). The zero-order chi connectivity index (χ0) is 22.1. The van der Waals surface area contributed by atoms with Gasteiger partial charge in [-0.3, -0.25) is 4.79 Å². The van der Waals surface area contributed by atoms with E-state index in [1.807, 2.05) is 62.4 Å². The van der Waals surface area contributed by atoms with Gasteiger partial charge in [-0.05, 0) is 33.1 Å². The van der Waals surface area contributed by atoms with Crippen molar-refractivity contribution < 1.29 is 19.0 Å². The van der Waals surface area contributed by atoms with E-state index in [0.29, 0.717) is 26.1 Å². The van der Waals surface area contributed by atoms with Gasteiger partial charge in [0, 0.05) is 11.0 Å². The maximum Gasteiger partial charge on any atom is 0.257 e. The molecule has 4 heteroatoms. The fourth-order valence-corrected chi connectivity index (χ4v) is 5.33. The summed E-state index contributed by atoms with van der Waals surface area (Å²) in [5.74, 6) is -1.51. The molecule has 31 heavy (non-hydrogen) atoms. The van der Waals surface area contributed by atoms with E-state index in [1.165, 1.54) is 0 Å². The Morgan fingerprint density at radius 1 is 1.00 bits per heavy atom. The fraction of sp³-hybridized carbons (Fsp3) is 0.444. The second-order valence-electron chi connectivity index (χ2n) is 9.28. The van der Waals surface area contributed by atoms with E-state index < -0.39 is 16.6 Å². The summed E-state index contributed by atoms with van der Waals surface area (Å²) in [6.07, 6.45) is 10.3. The third kappa shape index (κ3) is 3.89. The number of ketones is 1. The number of Topliss-reactive ketones (excluding diaryl/α,β-unsaturated/α-hetero) is 1. The summed E-state index contributed by atoms with van der Waals surface area (Å²) in [5.41, 5.74) is 1.31. The largest absolute Gasteiger partial charge is 0.373 e. The van der Waals surface area contributed by atoms with Crippen molar-refractivity contribution in [2.75, 3.05) is 19.8 Å². The smallest absolute Gasteiger partial charge is 0.257 e. The van der Waals surface area contributed by atoms with Crippen molar-refractivity contribution in [3.63, 3.8) is 0 Å². The number of hydrogen-bond acceptors (Lipinski definition) is 4. The molecule has 1 aromatic carbocycles. The van der Waals surface area contributed by atoms with Crippen LogP contribution in [-0.4, -0.2) is 31.7 Å². The molecule has 2 saturated heterocycles. The van der Waals surface area contributed by atoms with E-state index in [-0.39, 0.29) is 11.9 Å². The van der Waals surface area contributed by atoms with Crippen molar-refractivity contribution in [1.29, 1.82) is 0 Å². The minimum atomic E-state index is -1.43. The van der Waals surface area contributed by atoms with Crippen molar-refractivity contribution in [1.82, 2.24) is 0 Å². The summed E-state index contributed by atoms with van der Waals surface area (Å²) in [6.45, 7) is 13.9. The number of rotatable bonds is 9. The lowest BCUT2D eigenvalue weighted by molar-refractivity contribution is -0.198. The molecular weight excluding hydrogens is 388 g/mol. The number of hydrogen-bond donors (Lipinski definition) is 0. The average Bonchev–Trinajstić information content (AvgIpc) is 3.40. The van der Waals surface area contributed by atoms with Crippen LogP contribution in [0.1, 0.15) is 38.7 Å². The molecule has 1 aromatic rings. The monoisotopic (exact) mass is 420 g/mol. The molecule has 0 aromatic heterocycles. The van der Waals surface area contributed by atoms with Crippen molar-refractivity contribution in [3.05, 3.63) is 84.5 Å². The van der Waals surface area contributed by atoms with Crippen LogP contribution in [0.3, 0.4) is 0 Å². The Labute approximate surface area is 185 Å². The highest BCUT2D eigenvalue weighted by molar-refractivity contribution is 5.96. The van der Waals surface area contributed by atoms with Crippen LogP contribution in [0.5, 0.6) is 0 Å². The molecule has 1 aliphatic carbocycles. The third-order valence-electron chi connectivity index (χ3n) is 6.54. The Bertz CT molecular complexity index is 918. The molecule has 0 saturated carbocycles. The summed E-state index contributed by atoms with van der Waals surface area (Å²) < 4.78 is 18.0. The SMILES string of the molecule is C=C(C)CC1(CC2CO2)C=CC=CC1(CC(=C)C)C(=O)C1(c2ccccc2)OCCO1. The Morgan fingerprint density at radius 2 is 1.61 bits per heavy atom. The Balaban J connectivity index is 1.90. The first-order valence-electron chi connectivity index (χ1n) is 11.0. The van der Waals surface area contributed by atoms with Gasteiger partial charge < -0.3 is 14.2 Å². The predicted octanol–water partition coefficient (Wildman–Crippen LogP) is 5.28. The lowest BCUT2D eigenvalue weighted by Crippen LogP contribution is -2.55. The van der Waals surface area contributed by atoms with Gasteiger partial charge in [-0.25, -0.2) is 0 Å².